The molecule has 4 atom stereocenters. The molecule has 176 valence electrons. The van der Waals surface area contributed by atoms with Gasteiger partial charge in [0.05, 0.1) is 0 Å². The second kappa shape index (κ2) is 13.7. The van der Waals surface area contributed by atoms with Gasteiger partial charge < -0.3 is 4.74 Å². The molecule has 0 aliphatic carbocycles. The third-order valence-corrected chi connectivity index (χ3v) is 6.70. The Kier molecular flexibility index (Phi) is 12.5. The van der Waals surface area contributed by atoms with E-state index in [-0.39, 0.29) is 6.23 Å². The van der Waals surface area contributed by atoms with Crippen LogP contribution in [0, 0.1) is 11.3 Å². The van der Waals surface area contributed by atoms with Crippen LogP contribution in [0.2, 0.25) is 0 Å². The number of hydrogen-bond acceptors (Lipinski definition) is 4. The number of hydrogen-bond donors (Lipinski definition) is 1. The number of allylic oxidation sites excluding steroid dienone is 1. The minimum atomic E-state index is 0.123. The lowest BCUT2D eigenvalue weighted by molar-refractivity contribution is -0.0907. The molecule has 1 saturated heterocycles. The standard InChI is InChI=1S/C26H51N3O/c1-9-19-28(25(30-11-3)17-18-26(6,7)8)24-16-15-23(20-29(27)22(24)5)14-12-13-21(4)10-2/h9,22-25H,1,4,10-20,27H2,2-3,5-8H3/t22?,23-,24+,25?/m0/s1. The summed E-state index contributed by atoms with van der Waals surface area (Å²) in [6, 6.07) is 0.693. The predicted molar refractivity (Wildman–Crippen MR) is 131 cm³/mol. The maximum atomic E-state index is 6.59. The highest BCUT2D eigenvalue weighted by Crippen LogP contribution is 2.30. The van der Waals surface area contributed by atoms with Crippen LogP contribution >= 0.6 is 0 Å². The Labute approximate surface area is 187 Å². The molecular weight excluding hydrogens is 370 g/mol. The van der Waals surface area contributed by atoms with Gasteiger partial charge in [-0.25, -0.2) is 5.01 Å². The molecule has 0 spiro atoms. The summed E-state index contributed by atoms with van der Waals surface area (Å²) in [5, 5.41) is 2.10. The van der Waals surface area contributed by atoms with Gasteiger partial charge in [0.25, 0.3) is 0 Å². The zero-order valence-corrected chi connectivity index (χ0v) is 21.0. The van der Waals surface area contributed by atoms with Gasteiger partial charge in [-0.1, -0.05) is 45.9 Å². The van der Waals surface area contributed by atoms with Crippen molar-refractivity contribution >= 4 is 0 Å². The van der Waals surface area contributed by atoms with Crippen molar-refractivity contribution in [1.29, 1.82) is 0 Å². The third kappa shape index (κ3) is 9.64. The molecular formula is C26H51N3O. The van der Waals surface area contributed by atoms with Crippen LogP contribution in [-0.2, 0) is 4.74 Å². The van der Waals surface area contributed by atoms with Crippen LogP contribution in [-0.4, -0.2) is 47.9 Å². The molecule has 1 fully saturated rings. The van der Waals surface area contributed by atoms with Gasteiger partial charge in [0, 0.05) is 31.8 Å². The predicted octanol–water partition coefficient (Wildman–Crippen LogP) is 6.14. The van der Waals surface area contributed by atoms with Crippen molar-refractivity contribution in [2.45, 2.75) is 111 Å². The van der Waals surface area contributed by atoms with Crippen LogP contribution in [0.5, 0.6) is 0 Å². The van der Waals surface area contributed by atoms with E-state index in [0.29, 0.717) is 23.4 Å². The van der Waals surface area contributed by atoms with Crippen LogP contribution in [0.25, 0.3) is 0 Å². The lowest BCUT2D eigenvalue weighted by Gasteiger charge is -2.42. The minimum Gasteiger partial charge on any atom is -0.363 e. The zero-order chi connectivity index (χ0) is 22.7. The van der Waals surface area contributed by atoms with E-state index in [0.717, 1.165) is 45.4 Å². The maximum Gasteiger partial charge on any atom is 0.111 e. The van der Waals surface area contributed by atoms with Crippen LogP contribution < -0.4 is 5.84 Å². The molecule has 30 heavy (non-hydrogen) atoms. The van der Waals surface area contributed by atoms with Gasteiger partial charge in [-0.3, -0.25) is 10.7 Å². The van der Waals surface area contributed by atoms with Crippen molar-refractivity contribution in [3.8, 4) is 0 Å². The Morgan fingerprint density at radius 2 is 2.00 bits per heavy atom. The van der Waals surface area contributed by atoms with Crippen molar-refractivity contribution in [2.24, 2.45) is 17.2 Å². The monoisotopic (exact) mass is 421 g/mol. The molecule has 0 aromatic rings. The number of ether oxygens (including phenoxy) is 1. The van der Waals surface area contributed by atoms with Gasteiger partial charge in [-0.15, -0.1) is 6.58 Å². The number of nitrogens with two attached hydrogens (primary N) is 1. The normalized spacial score (nSPS) is 24.6. The fourth-order valence-electron chi connectivity index (χ4n) is 4.63. The lowest BCUT2D eigenvalue weighted by atomic mass is 9.89. The van der Waals surface area contributed by atoms with E-state index in [1.54, 1.807) is 0 Å². The lowest BCUT2D eigenvalue weighted by Crippen LogP contribution is -2.55. The van der Waals surface area contributed by atoms with Gasteiger partial charge in [0.15, 0.2) is 0 Å². The first-order chi connectivity index (χ1) is 14.1. The zero-order valence-electron chi connectivity index (χ0n) is 21.0. The molecule has 0 saturated carbocycles. The van der Waals surface area contributed by atoms with E-state index in [4.69, 9.17) is 10.6 Å². The average molecular weight is 422 g/mol. The van der Waals surface area contributed by atoms with Crippen molar-refractivity contribution in [3.05, 3.63) is 24.8 Å². The molecule has 0 radical (unpaired) electrons. The molecule has 0 bridgehead atoms. The summed E-state index contributed by atoms with van der Waals surface area (Å²) >= 11 is 0. The van der Waals surface area contributed by atoms with Gasteiger partial charge in [-0.05, 0) is 76.5 Å². The topological polar surface area (TPSA) is 41.7 Å². The molecule has 1 heterocycles. The van der Waals surface area contributed by atoms with Crippen LogP contribution in [0.1, 0.15) is 92.9 Å². The smallest absolute Gasteiger partial charge is 0.111 e. The highest BCUT2D eigenvalue weighted by atomic mass is 16.5. The van der Waals surface area contributed by atoms with E-state index in [1.165, 1.54) is 31.3 Å². The average Bonchev–Trinajstić information content (AvgIpc) is 2.81. The fourth-order valence-corrected chi connectivity index (χ4v) is 4.63. The van der Waals surface area contributed by atoms with Crippen LogP contribution in [0.4, 0.5) is 0 Å². The van der Waals surface area contributed by atoms with Crippen molar-refractivity contribution in [3.63, 3.8) is 0 Å². The van der Waals surface area contributed by atoms with Gasteiger partial charge in [0.1, 0.15) is 6.23 Å². The highest BCUT2D eigenvalue weighted by Gasteiger charge is 2.35. The Morgan fingerprint density at radius 3 is 2.57 bits per heavy atom. The fraction of sp³-hybridized carbons (Fsp3) is 0.846. The van der Waals surface area contributed by atoms with Crippen LogP contribution in [0.15, 0.2) is 24.8 Å². The summed E-state index contributed by atoms with van der Waals surface area (Å²) in [4.78, 5) is 2.54. The van der Waals surface area contributed by atoms with E-state index in [1.807, 2.05) is 6.08 Å². The first-order valence-electron chi connectivity index (χ1n) is 12.3. The molecule has 2 unspecified atom stereocenters. The van der Waals surface area contributed by atoms with E-state index < -0.39 is 0 Å². The van der Waals surface area contributed by atoms with E-state index >= 15 is 0 Å². The summed E-state index contributed by atoms with van der Waals surface area (Å²) in [7, 11) is 0. The molecule has 2 N–H and O–H groups in total. The number of rotatable bonds is 13. The first kappa shape index (κ1) is 27.4. The maximum absolute atomic E-state index is 6.59. The number of nitrogens with zero attached hydrogens (tertiary/aromatic N) is 2. The molecule has 4 heteroatoms. The number of hydrazine groups is 1. The molecule has 1 aliphatic rings. The Hall–Kier alpha value is -0.680. The quantitative estimate of drug-likeness (QED) is 0.220. The summed E-state index contributed by atoms with van der Waals surface area (Å²) in [6.07, 6.45) is 11.4. The van der Waals surface area contributed by atoms with Crippen molar-refractivity contribution in [2.75, 3.05) is 19.7 Å². The summed E-state index contributed by atoms with van der Waals surface area (Å²) in [5.74, 6) is 7.26. The Balaban J connectivity index is 2.87. The Bertz CT molecular complexity index is 499. The Morgan fingerprint density at radius 1 is 1.30 bits per heavy atom. The molecule has 1 aliphatic heterocycles. The molecule has 0 amide bonds. The second-order valence-electron chi connectivity index (χ2n) is 10.4. The van der Waals surface area contributed by atoms with Crippen molar-refractivity contribution in [1.82, 2.24) is 9.91 Å². The van der Waals surface area contributed by atoms with E-state index in [9.17, 15) is 0 Å². The summed E-state index contributed by atoms with van der Waals surface area (Å²) < 4.78 is 6.27. The molecule has 4 nitrogen and oxygen atoms in total. The van der Waals surface area contributed by atoms with Crippen molar-refractivity contribution < 1.29 is 4.74 Å². The highest BCUT2D eigenvalue weighted by molar-refractivity contribution is 4.93. The first-order valence-corrected chi connectivity index (χ1v) is 12.3. The molecule has 1 rings (SSSR count). The molecule has 0 aromatic carbocycles. The second-order valence-corrected chi connectivity index (χ2v) is 10.4. The van der Waals surface area contributed by atoms with Gasteiger partial charge >= 0.3 is 0 Å². The molecule has 0 aromatic heterocycles. The third-order valence-electron chi connectivity index (χ3n) is 6.70. The summed E-state index contributed by atoms with van der Waals surface area (Å²) in [5.41, 5.74) is 1.67. The SMILES string of the molecule is C=CCN(C(CCC(C)(C)C)OCC)[C@@H]1CC[C@H](CCCC(=C)CC)CN(N)C1C. The van der Waals surface area contributed by atoms with Gasteiger partial charge in [0.2, 0.25) is 0 Å². The van der Waals surface area contributed by atoms with Gasteiger partial charge in [-0.2, -0.15) is 0 Å². The largest absolute Gasteiger partial charge is 0.363 e. The van der Waals surface area contributed by atoms with Crippen LogP contribution in [0.3, 0.4) is 0 Å². The minimum absolute atomic E-state index is 0.123. The van der Waals surface area contributed by atoms with E-state index in [2.05, 4.69) is 64.6 Å². The summed E-state index contributed by atoms with van der Waals surface area (Å²) in [6.45, 7) is 24.3.